The maximum Gasteiger partial charge on any atom is 0.345 e. The van der Waals surface area contributed by atoms with Crippen molar-refractivity contribution in [2.45, 2.75) is 0 Å². The minimum absolute atomic E-state index is 0.360. The highest BCUT2D eigenvalue weighted by atomic mass is 16.5. The van der Waals surface area contributed by atoms with Crippen molar-refractivity contribution < 1.29 is 4.74 Å². The van der Waals surface area contributed by atoms with E-state index in [4.69, 9.17) is 4.74 Å². The molecule has 0 saturated carbocycles. The second-order valence-electron chi connectivity index (χ2n) is 5.00. The van der Waals surface area contributed by atoms with Crippen molar-refractivity contribution in [3.05, 3.63) is 82.4 Å². The third-order valence-corrected chi connectivity index (χ3v) is 3.41. The zero-order chi connectivity index (χ0) is 16.1. The number of aromatic amines is 1. The Labute approximate surface area is 134 Å². The summed E-state index contributed by atoms with van der Waals surface area (Å²) in [5.41, 5.74) is 2.94. The Hall–Kier alpha value is -3.14. The molecule has 0 aliphatic rings. The van der Waals surface area contributed by atoms with Crippen LogP contribution < -0.4 is 10.4 Å². The third-order valence-electron chi connectivity index (χ3n) is 3.41. The molecule has 1 heterocycles. The molecule has 4 nitrogen and oxygen atoms in total. The van der Waals surface area contributed by atoms with Crippen LogP contribution in [0.2, 0.25) is 0 Å². The monoisotopic (exact) mass is 304 g/mol. The van der Waals surface area contributed by atoms with Crippen molar-refractivity contribution in [2.24, 2.45) is 0 Å². The van der Waals surface area contributed by atoms with Gasteiger partial charge in [-0.2, -0.15) is 4.98 Å². The van der Waals surface area contributed by atoms with Crippen LogP contribution in [0, 0.1) is 0 Å². The number of aromatic nitrogens is 2. The lowest BCUT2D eigenvalue weighted by Crippen LogP contribution is -2.11. The first-order valence-electron chi connectivity index (χ1n) is 7.23. The lowest BCUT2D eigenvalue weighted by atomic mass is 10.1. The third kappa shape index (κ3) is 3.74. The summed E-state index contributed by atoms with van der Waals surface area (Å²) in [5, 5.41) is 0. The first-order chi connectivity index (χ1) is 11.2. The number of nitrogens with one attached hydrogen (secondary N) is 1. The van der Waals surface area contributed by atoms with Gasteiger partial charge in [0.25, 0.3) is 0 Å². The van der Waals surface area contributed by atoms with Gasteiger partial charge >= 0.3 is 5.69 Å². The van der Waals surface area contributed by atoms with E-state index in [0.29, 0.717) is 11.4 Å². The second kappa shape index (κ2) is 6.75. The Morgan fingerprint density at radius 3 is 2.43 bits per heavy atom. The number of hydrogen-bond acceptors (Lipinski definition) is 3. The number of H-pyrrole nitrogens is 1. The minimum atomic E-state index is -0.360. The van der Waals surface area contributed by atoms with Crippen LogP contribution in [-0.4, -0.2) is 17.1 Å². The molecule has 0 aliphatic heterocycles. The van der Waals surface area contributed by atoms with Gasteiger partial charge in [0.2, 0.25) is 0 Å². The summed E-state index contributed by atoms with van der Waals surface area (Å²) in [4.78, 5) is 18.5. The molecule has 114 valence electrons. The summed E-state index contributed by atoms with van der Waals surface area (Å²) in [6.07, 6.45) is 3.79. The van der Waals surface area contributed by atoms with Crippen LogP contribution in [0.3, 0.4) is 0 Å². The van der Waals surface area contributed by atoms with Gasteiger partial charge < -0.3 is 9.72 Å². The molecule has 3 rings (SSSR count). The molecule has 0 fully saturated rings. The maximum absolute atomic E-state index is 11.8. The normalized spacial score (nSPS) is 10.8. The highest BCUT2D eigenvalue weighted by Crippen LogP contribution is 2.17. The number of ether oxygens (including phenoxy) is 1. The molecule has 2 aromatic carbocycles. The van der Waals surface area contributed by atoms with Crippen molar-refractivity contribution in [3.63, 3.8) is 0 Å². The van der Waals surface area contributed by atoms with E-state index >= 15 is 0 Å². The fraction of sp³-hybridized carbons (Fsp3) is 0.0526. The van der Waals surface area contributed by atoms with Gasteiger partial charge in [0.05, 0.1) is 12.8 Å². The van der Waals surface area contributed by atoms with Crippen LogP contribution in [0.5, 0.6) is 5.75 Å². The summed E-state index contributed by atoms with van der Waals surface area (Å²) < 4.78 is 5.13. The first kappa shape index (κ1) is 14.8. The zero-order valence-corrected chi connectivity index (χ0v) is 12.7. The van der Waals surface area contributed by atoms with E-state index in [2.05, 4.69) is 9.97 Å². The standard InChI is InChI=1S/C19H16N2O2/c1-23-17-11-8-14(9-12-17)7-10-16-13-18(21-19(22)20-16)15-5-3-2-4-6-15/h2-13H,1H3,(H,20,21,22)/b10-7+. The largest absolute Gasteiger partial charge is 0.497 e. The highest BCUT2D eigenvalue weighted by molar-refractivity contribution is 5.70. The van der Waals surface area contributed by atoms with E-state index in [0.717, 1.165) is 16.9 Å². The summed E-state index contributed by atoms with van der Waals surface area (Å²) in [6.45, 7) is 0. The van der Waals surface area contributed by atoms with Crippen LogP contribution in [0.15, 0.2) is 65.5 Å². The van der Waals surface area contributed by atoms with Crippen molar-refractivity contribution in [2.75, 3.05) is 7.11 Å². The van der Waals surface area contributed by atoms with E-state index in [-0.39, 0.29) is 5.69 Å². The fourth-order valence-electron chi connectivity index (χ4n) is 2.22. The van der Waals surface area contributed by atoms with Gasteiger partial charge in [0, 0.05) is 11.3 Å². The lowest BCUT2D eigenvalue weighted by Gasteiger charge is -2.02. The molecule has 0 bridgehead atoms. The van der Waals surface area contributed by atoms with Crippen molar-refractivity contribution in [1.82, 2.24) is 9.97 Å². The fourth-order valence-corrected chi connectivity index (χ4v) is 2.22. The zero-order valence-electron chi connectivity index (χ0n) is 12.7. The van der Waals surface area contributed by atoms with Gasteiger partial charge in [-0.25, -0.2) is 4.79 Å². The van der Waals surface area contributed by atoms with Gasteiger partial charge in [0.15, 0.2) is 0 Å². The SMILES string of the molecule is COc1ccc(/C=C/c2cc(-c3ccccc3)nc(=O)[nH]2)cc1. The van der Waals surface area contributed by atoms with Crippen LogP contribution >= 0.6 is 0 Å². The topological polar surface area (TPSA) is 55.0 Å². The Bertz CT molecular complexity index is 866. The molecule has 0 atom stereocenters. The van der Waals surface area contributed by atoms with Crippen molar-refractivity contribution >= 4 is 12.2 Å². The molecular formula is C19H16N2O2. The van der Waals surface area contributed by atoms with Crippen LogP contribution in [0.25, 0.3) is 23.4 Å². The Morgan fingerprint density at radius 2 is 1.74 bits per heavy atom. The second-order valence-corrected chi connectivity index (χ2v) is 5.00. The van der Waals surface area contributed by atoms with E-state index in [1.807, 2.05) is 72.8 Å². The predicted molar refractivity (Wildman–Crippen MR) is 92.2 cm³/mol. The number of rotatable bonds is 4. The maximum atomic E-state index is 11.8. The summed E-state index contributed by atoms with van der Waals surface area (Å²) in [7, 11) is 1.64. The van der Waals surface area contributed by atoms with Gasteiger partial charge in [0.1, 0.15) is 5.75 Å². The van der Waals surface area contributed by atoms with Crippen molar-refractivity contribution in [3.8, 4) is 17.0 Å². The molecule has 1 N–H and O–H groups in total. The number of methoxy groups -OCH3 is 1. The molecule has 0 radical (unpaired) electrons. The summed E-state index contributed by atoms with van der Waals surface area (Å²) in [5.74, 6) is 0.811. The summed E-state index contributed by atoms with van der Waals surface area (Å²) in [6, 6.07) is 19.2. The van der Waals surface area contributed by atoms with Crippen molar-refractivity contribution in [1.29, 1.82) is 0 Å². The van der Waals surface area contributed by atoms with Gasteiger partial charge in [-0.05, 0) is 29.8 Å². The number of nitrogens with zero attached hydrogens (tertiary/aromatic N) is 1. The van der Waals surface area contributed by atoms with E-state index < -0.39 is 0 Å². The summed E-state index contributed by atoms with van der Waals surface area (Å²) >= 11 is 0. The van der Waals surface area contributed by atoms with Gasteiger partial charge in [-0.1, -0.05) is 48.5 Å². The Morgan fingerprint density at radius 1 is 1.00 bits per heavy atom. The Balaban J connectivity index is 1.89. The van der Waals surface area contributed by atoms with E-state index in [1.165, 1.54) is 0 Å². The quantitative estimate of drug-likeness (QED) is 0.801. The van der Waals surface area contributed by atoms with Crippen LogP contribution in [-0.2, 0) is 0 Å². The number of benzene rings is 2. The van der Waals surface area contributed by atoms with E-state index in [9.17, 15) is 4.79 Å². The lowest BCUT2D eigenvalue weighted by molar-refractivity contribution is 0.415. The average Bonchev–Trinajstić information content (AvgIpc) is 2.61. The minimum Gasteiger partial charge on any atom is -0.497 e. The molecule has 4 heteroatoms. The highest BCUT2D eigenvalue weighted by Gasteiger charge is 2.01. The molecule has 0 amide bonds. The average molecular weight is 304 g/mol. The van der Waals surface area contributed by atoms with Crippen LogP contribution in [0.1, 0.15) is 11.3 Å². The predicted octanol–water partition coefficient (Wildman–Crippen LogP) is 3.62. The molecular weight excluding hydrogens is 288 g/mol. The molecule has 0 spiro atoms. The molecule has 3 aromatic rings. The molecule has 0 saturated heterocycles. The van der Waals surface area contributed by atoms with Crippen LogP contribution in [0.4, 0.5) is 0 Å². The van der Waals surface area contributed by atoms with Gasteiger partial charge in [-0.15, -0.1) is 0 Å². The molecule has 0 aliphatic carbocycles. The smallest absolute Gasteiger partial charge is 0.345 e. The molecule has 23 heavy (non-hydrogen) atoms. The first-order valence-corrected chi connectivity index (χ1v) is 7.23. The Kier molecular flexibility index (Phi) is 4.34. The molecule has 1 aromatic heterocycles. The number of hydrogen-bond donors (Lipinski definition) is 1. The van der Waals surface area contributed by atoms with Gasteiger partial charge in [-0.3, -0.25) is 0 Å². The van der Waals surface area contributed by atoms with E-state index in [1.54, 1.807) is 7.11 Å². The molecule has 0 unspecified atom stereocenters.